The molecule has 1 aromatic heterocycles. The second-order valence-electron chi connectivity index (χ2n) is 4.32. The van der Waals surface area contributed by atoms with Crippen LogP contribution >= 0.6 is 0 Å². The Morgan fingerprint density at radius 2 is 2.00 bits per heavy atom. The molecule has 2 aromatic rings. The highest BCUT2D eigenvalue weighted by Gasteiger charge is 2.03. The minimum Gasteiger partial charge on any atom is -0.489 e. The zero-order valence-electron chi connectivity index (χ0n) is 10.5. The molecule has 0 bridgehead atoms. The predicted octanol–water partition coefficient (Wildman–Crippen LogP) is 3.35. The minimum atomic E-state index is 0.114. The molecule has 18 heavy (non-hydrogen) atoms. The molecule has 3 nitrogen and oxygen atoms in total. The van der Waals surface area contributed by atoms with Gasteiger partial charge in [-0.3, -0.25) is 9.78 Å². The van der Waals surface area contributed by atoms with Crippen LogP contribution in [0.5, 0.6) is 5.75 Å². The fraction of sp³-hybridized carbons (Fsp3) is 0.200. The Bertz CT molecular complexity index is 550. The molecular weight excluding hydrogens is 226 g/mol. The molecule has 0 aliphatic heterocycles. The average Bonchev–Trinajstić information content (AvgIpc) is 2.38. The van der Waals surface area contributed by atoms with E-state index in [-0.39, 0.29) is 6.10 Å². The van der Waals surface area contributed by atoms with Crippen LogP contribution in [0.1, 0.15) is 24.2 Å². The molecule has 0 amide bonds. The van der Waals surface area contributed by atoms with E-state index in [0.29, 0.717) is 5.56 Å². The summed E-state index contributed by atoms with van der Waals surface area (Å²) < 4.78 is 5.60. The average molecular weight is 241 g/mol. The number of benzene rings is 1. The van der Waals surface area contributed by atoms with Crippen molar-refractivity contribution < 1.29 is 9.53 Å². The summed E-state index contributed by atoms with van der Waals surface area (Å²) in [6, 6.07) is 9.34. The number of aldehydes is 1. The molecule has 0 N–H and O–H groups in total. The van der Waals surface area contributed by atoms with Gasteiger partial charge in [-0.1, -0.05) is 18.2 Å². The molecule has 1 heterocycles. The van der Waals surface area contributed by atoms with E-state index in [4.69, 9.17) is 4.74 Å². The van der Waals surface area contributed by atoms with Crippen LogP contribution in [0.4, 0.5) is 0 Å². The molecule has 3 heteroatoms. The highest BCUT2D eigenvalue weighted by atomic mass is 16.5. The van der Waals surface area contributed by atoms with Gasteiger partial charge in [0.15, 0.2) is 0 Å². The highest BCUT2D eigenvalue weighted by molar-refractivity contribution is 5.78. The molecule has 0 atom stereocenters. The van der Waals surface area contributed by atoms with Gasteiger partial charge in [0.1, 0.15) is 12.0 Å². The molecule has 0 spiro atoms. The molecule has 0 radical (unpaired) electrons. The Balaban J connectivity index is 2.34. The maximum absolute atomic E-state index is 10.8. The van der Waals surface area contributed by atoms with Gasteiger partial charge in [-0.05, 0) is 31.5 Å². The third-order valence-electron chi connectivity index (χ3n) is 2.44. The molecule has 2 rings (SSSR count). The van der Waals surface area contributed by atoms with Crippen molar-refractivity contribution in [3.8, 4) is 16.9 Å². The van der Waals surface area contributed by atoms with Crippen molar-refractivity contribution in [2.24, 2.45) is 0 Å². The molecule has 92 valence electrons. The van der Waals surface area contributed by atoms with E-state index >= 15 is 0 Å². The summed E-state index contributed by atoms with van der Waals surface area (Å²) in [6.45, 7) is 3.94. The van der Waals surface area contributed by atoms with Crippen molar-refractivity contribution in [1.82, 2.24) is 4.98 Å². The van der Waals surface area contributed by atoms with Crippen LogP contribution in [0.25, 0.3) is 11.1 Å². The third kappa shape index (κ3) is 2.94. The molecule has 0 saturated carbocycles. The van der Waals surface area contributed by atoms with Crippen molar-refractivity contribution in [3.63, 3.8) is 0 Å². The smallest absolute Gasteiger partial charge is 0.150 e. The lowest BCUT2D eigenvalue weighted by molar-refractivity contribution is 0.112. The largest absolute Gasteiger partial charge is 0.489 e. The number of pyridine rings is 1. The van der Waals surface area contributed by atoms with Crippen LogP contribution in [0.15, 0.2) is 42.7 Å². The van der Waals surface area contributed by atoms with E-state index in [2.05, 4.69) is 4.98 Å². The van der Waals surface area contributed by atoms with Gasteiger partial charge in [-0.25, -0.2) is 0 Å². The maximum Gasteiger partial charge on any atom is 0.150 e. The van der Waals surface area contributed by atoms with Gasteiger partial charge in [0.05, 0.1) is 12.3 Å². The molecule has 0 fully saturated rings. The van der Waals surface area contributed by atoms with Crippen molar-refractivity contribution in [2.45, 2.75) is 20.0 Å². The van der Waals surface area contributed by atoms with Gasteiger partial charge in [0.2, 0.25) is 0 Å². The molecule has 0 saturated heterocycles. The number of carbonyl (C=O) groups is 1. The Kier molecular flexibility index (Phi) is 3.72. The number of hydrogen-bond acceptors (Lipinski definition) is 3. The monoisotopic (exact) mass is 241 g/mol. The van der Waals surface area contributed by atoms with Gasteiger partial charge < -0.3 is 4.74 Å². The topological polar surface area (TPSA) is 39.2 Å². The Hall–Kier alpha value is -2.16. The van der Waals surface area contributed by atoms with Gasteiger partial charge in [-0.15, -0.1) is 0 Å². The number of carbonyl (C=O) groups excluding carboxylic acids is 1. The van der Waals surface area contributed by atoms with Crippen molar-refractivity contribution >= 4 is 6.29 Å². The SMILES string of the molecule is CC(C)Oc1cncc(-c2cccc(C=O)c2)c1. The van der Waals surface area contributed by atoms with E-state index in [0.717, 1.165) is 23.2 Å². The zero-order chi connectivity index (χ0) is 13.0. The molecule has 0 aliphatic carbocycles. The van der Waals surface area contributed by atoms with Crippen LogP contribution in [0.2, 0.25) is 0 Å². The fourth-order valence-corrected chi connectivity index (χ4v) is 1.70. The summed E-state index contributed by atoms with van der Waals surface area (Å²) in [5.41, 5.74) is 2.56. The van der Waals surface area contributed by atoms with Crippen molar-refractivity contribution in [3.05, 3.63) is 48.3 Å². The number of hydrogen-bond donors (Lipinski definition) is 0. The Morgan fingerprint density at radius 1 is 1.17 bits per heavy atom. The quantitative estimate of drug-likeness (QED) is 0.770. The first-order valence-electron chi connectivity index (χ1n) is 5.86. The van der Waals surface area contributed by atoms with Crippen molar-refractivity contribution in [1.29, 1.82) is 0 Å². The van der Waals surface area contributed by atoms with E-state index in [1.54, 1.807) is 18.5 Å². The molecule has 0 aliphatic rings. The van der Waals surface area contributed by atoms with Gasteiger partial charge in [0, 0.05) is 17.3 Å². The maximum atomic E-state index is 10.8. The molecular formula is C15H15NO2. The number of aromatic nitrogens is 1. The summed E-state index contributed by atoms with van der Waals surface area (Å²) in [7, 11) is 0. The normalized spacial score (nSPS) is 10.4. The summed E-state index contributed by atoms with van der Waals surface area (Å²) >= 11 is 0. The van der Waals surface area contributed by atoms with Gasteiger partial charge >= 0.3 is 0 Å². The lowest BCUT2D eigenvalue weighted by atomic mass is 10.1. The van der Waals surface area contributed by atoms with Crippen LogP contribution < -0.4 is 4.74 Å². The van der Waals surface area contributed by atoms with Gasteiger partial charge in [0.25, 0.3) is 0 Å². The van der Waals surface area contributed by atoms with E-state index in [9.17, 15) is 4.79 Å². The summed E-state index contributed by atoms with van der Waals surface area (Å²) in [5.74, 6) is 0.735. The highest BCUT2D eigenvalue weighted by Crippen LogP contribution is 2.23. The lowest BCUT2D eigenvalue weighted by Crippen LogP contribution is -2.05. The zero-order valence-corrected chi connectivity index (χ0v) is 10.5. The van der Waals surface area contributed by atoms with Crippen molar-refractivity contribution in [2.75, 3.05) is 0 Å². The van der Waals surface area contributed by atoms with Crippen LogP contribution in [-0.4, -0.2) is 17.4 Å². The first kappa shape index (κ1) is 12.3. The van der Waals surface area contributed by atoms with Gasteiger partial charge in [-0.2, -0.15) is 0 Å². The van der Waals surface area contributed by atoms with E-state index in [1.165, 1.54) is 0 Å². The third-order valence-corrected chi connectivity index (χ3v) is 2.44. The summed E-state index contributed by atoms with van der Waals surface area (Å²) in [6.07, 6.45) is 4.40. The lowest BCUT2D eigenvalue weighted by Gasteiger charge is -2.10. The first-order chi connectivity index (χ1) is 8.69. The van der Waals surface area contributed by atoms with E-state index < -0.39 is 0 Å². The van der Waals surface area contributed by atoms with Crippen LogP contribution in [-0.2, 0) is 0 Å². The molecule has 1 aromatic carbocycles. The number of nitrogens with zero attached hydrogens (tertiary/aromatic N) is 1. The summed E-state index contributed by atoms with van der Waals surface area (Å²) in [4.78, 5) is 14.9. The first-order valence-corrected chi connectivity index (χ1v) is 5.86. The standard InChI is InChI=1S/C15H15NO2/c1-11(2)18-15-7-14(8-16-9-15)13-5-3-4-12(6-13)10-17/h3-11H,1-2H3. The second-order valence-corrected chi connectivity index (χ2v) is 4.32. The van der Waals surface area contributed by atoms with Crippen LogP contribution in [0.3, 0.4) is 0 Å². The Labute approximate surface area is 106 Å². The predicted molar refractivity (Wildman–Crippen MR) is 70.8 cm³/mol. The van der Waals surface area contributed by atoms with Crippen LogP contribution in [0, 0.1) is 0 Å². The van der Waals surface area contributed by atoms with E-state index in [1.807, 2.05) is 38.1 Å². The Morgan fingerprint density at radius 3 is 2.72 bits per heavy atom. The number of rotatable bonds is 4. The number of ether oxygens (including phenoxy) is 1. The molecule has 0 unspecified atom stereocenters. The fourth-order valence-electron chi connectivity index (χ4n) is 1.70. The second kappa shape index (κ2) is 5.45. The summed E-state index contributed by atoms with van der Waals surface area (Å²) in [5, 5.41) is 0. The minimum absolute atomic E-state index is 0.114.